The van der Waals surface area contributed by atoms with E-state index < -0.39 is 16.1 Å². The van der Waals surface area contributed by atoms with Gasteiger partial charge < -0.3 is 10.1 Å². The van der Waals surface area contributed by atoms with E-state index in [1.807, 2.05) is 13.8 Å². The molecular weight excluding hydrogens is 328 g/mol. The van der Waals surface area contributed by atoms with Gasteiger partial charge in [0.15, 0.2) is 0 Å². The van der Waals surface area contributed by atoms with Crippen LogP contribution in [0.25, 0.3) is 0 Å². The maximum absolute atomic E-state index is 12.4. The van der Waals surface area contributed by atoms with Crippen LogP contribution in [0.15, 0.2) is 29.2 Å². The molecular formula is C17H26N2O4S. The van der Waals surface area contributed by atoms with Crippen molar-refractivity contribution in [3.63, 3.8) is 0 Å². The van der Waals surface area contributed by atoms with Crippen molar-refractivity contribution in [3.8, 4) is 0 Å². The molecule has 7 heteroatoms. The van der Waals surface area contributed by atoms with E-state index in [1.54, 1.807) is 26.1 Å². The Morgan fingerprint density at radius 3 is 2.33 bits per heavy atom. The van der Waals surface area contributed by atoms with Crippen LogP contribution in [0.1, 0.15) is 33.6 Å². The summed E-state index contributed by atoms with van der Waals surface area (Å²) in [6, 6.07) is 6.05. The van der Waals surface area contributed by atoms with E-state index in [9.17, 15) is 13.2 Å². The third-order valence-electron chi connectivity index (χ3n) is 4.17. The largest absolute Gasteiger partial charge is 0.368 e. The molecule has 1 fully saturated rings. The third-order valence-corrected chi connectivity index (χ3v) is 6.22. The maximum Gasteiger partial charge on any atom is 0.253 e. The van der Waals surface area contributed by atoms with Crippen LogP contribution < -0.4 is 5.32 Å². The number of rotatable bonds is 8. The molecule has 6 nitrogen and oxygen atoms in total. The van der Waals surface area contributed by atoms with Crippen LogP contribution in [0.3, 0.4) is 0 Å². The zero-order chi connectivity index (χ0) is 17.9. The molecule has 134 valence electrons. The summed E-state index contributed by atoms with van der Waals surface area (Å²) in [5.41, 5.74) is 0.549. The van der Waals surface area contributed by atoms with Crippen molar-refractivity contribution in [2.45, 2.75) is 50.7 Å². The lowest BCUT2D eigenvalue weighted by Gasteiger charge is -2.21. The second-order valence-corrected chi connectivity index (χ2v) is 8.55. The highest BCUT2D eigenvalue weighted by molar-refractivity contribution is 7.89. The van der Waals surface area contributed by atoms with Gasteiger partial charge in [0.25, 0.3) is 5.91 Å². The summed E-state index contributed by atoms with van der Waals surface area (Å²) >= 11 is 0. The van der Waals surface area contributed by atoms with Gasteiger partial charge in [-0.1, -0.05) is 0 Å². The lowest BCUT2D eigenvalue weighted by Crippen LogP contribution is -2.33. The molecule has 0 heterocycles. The predicted molar refractivity (Wildman–Crippen MR) is 93.3 cm³/mol. The number of sulfonamides is 1. The van der Waals surface area contributed by atoms with Crippen molar-refractivity contribution in [2.24, 2.45) is 5.92 Å². The smallest absolute Gasteiger partial charge is 0.253 e. The first kappa shape index (κ1) is 18.9. The van der Waals surface area contributed by atoms with Crippen LogP contribution in [0.5, 0.6) is 0 Å². The first-order valence-electron chi connectivity index (χ1n) is 8.22. The maximum atomic E-state index is 12.4. The molecule has 1 atom stereocenters. The van der Waals surface area contributed by atoms with E-state index in [1.165, 1.54) is 29.3 Å². The predicted octanol–water partition coefficient (Wildman–Crippen LogP) is 2.47. The van der Waals surface area contributed by atoms with Crippen LogP contribution in [-0.2, 0) is 19.6 Å². The van der Waals surface area contributed by atoms with Crippen molar-refractivity contribution in [2.75, 3.05) is 19.0 Å². The van der Waals surface area contributed by atoms with Gasteiger partial charge in [0.2, 0.25) is 10.0 Å². The summed E-state index contributed by atoms with van der Waals surface area (Å²) in [4.78, 5) is 12.3. The Labute approximate surface area is 144 Å². The van der Waals surface area contributed by atoms with E-state index >= 15 is 0 Å². The summed E-state index contributed by atoms with van der Waals surface area (Å²) < 4.78 is 31.6. The van der Waals surface area contributed by atoms with Crippen LogP contribution in [-0.4, -0.2) is 44.4 Å². The minimum Gasteiger partial charge on any atom is -0.368 e. The summed E-state index contributed by atoms with van der Waals surface area (Å²) in [5.74, 6) is 0.369. The number of anilines is 1. The van der Waals surface area contributed by atoms with Crippen LogP contribution in [0, 0.1) is 5.92 Å². The number of hydrogen-bond donors (Lipinski definition) is 1. The average Bonchev–Trinajstić information content (AvgIpc) is 3.36. The number of nitrogens with zero attached hydrogens (tertiary/aromatic N) is 1. The standard InChI is InChI=1S/C17H26N2O4S/c1-12(2)19(4)24(21,22)16-9-7-15(8-10-16)18-17(20)13(3)23-11-14-5-6-14/h7-10,12-14H,5-6,11H2,1-4H3,(H,18,20). The zero-order valence-electron chi connectivity index (χ0n) is 14.7. The van der Waals surface area contributed by atoms with Gasteiger partial charge in [0.05, 0.1) is 11.5 Å². The van der Waals surface area contributed by atoms with Crippen LogP contribution in [0.2, 0.25) is 0 Å². The van der Waals surface area contributed by atoms with Crippen molar-refractivity contribution < 1.29 is 17.9 Å². The average molecular weight is 354 g/mol. The fourth-order valence-corrected chi connectivity index (χ4v) is 3.41. The molecule has 2 rings (SSSR count). The van der Waals surface area contributed by atoms with Crippen molar-refractivity contribution in [1.29, 1.82) is 0 Å². The highest BCUT2D eigenvalue weighted by Gasteiger charge is 2.25. The lowest BCUT2D eigenvalue weighted by atomic mass is 10.3. The first-order valence-corrected chi connectivity index (χ1v) is 9.66. The van der Waals surface area contributed by atoms with Gasteiger partial charge >= 0.3 is 0 Å². The molecule has 1 N–H and O–H groups in total. The molecule has 1 aliphatic carbocycles. The fraction of sp³-hybridized carbons (Fsp3) is 0.588. The number of carbonyl (C=O) groups excluding carboxylic acids is 1. The van der Waals surface area contributed by atoms with Gasteiger partial charge in [-0.25, -0.2) is 8.42 Å². The fourth-order valence-electron chi connectivity index (χ4n) is 2.04. The Hall–Kier alpha value is -1.44. The number of benzene rings is 1. The molecule has 0 aliphatic heterocycles. The van der Waals surface area contributed by atoms with Crippen molar-refractivity contribution in [1.82, 2.24) is 4.31 Å². The molecule has 1 aromatic carbocycles. The van der Waals surface area contributed by atoms with E-state index in [-0.39, 0.29) is 16.8 Å². The number of amides is 1. The Bertz CT molecular complexity index is 666. The first-order chi connectivity index (χ1) is 11.2. The van der Waals surface area contributed by atoms with Gasteiger partial charge in [0, 0.05) is 18.8 Å². The normalized spacial score (nSPS) is 16.4. The molecule has 1 unspecified atom stereocenters. The van der Waals surface area contributed by atoms with Gasteiger partial charge in [0.1, 0.15) is 6.10 Å². The van der Waals surface area contributed by atoms with Gasteiger partial charge in [-0.15, -0.1) is 0 Å². The van der Waals surface area contributed by atoms with Gasteiger partial charge in [-0.2, -0.15) is 4.31 Å². The second kappa shape index (κ2) is 7.63. The quantitative estimate of drug-likeness (QED) is 0.778. The van der Waals surface area contributed by atoms with E-state index in [0.29, 0.717) is 18.2 Å². The minimum absolute atomic E-state index is 0.126. The minimum atomic E-state index is -3.52. The SMILES string of the molecule is CC(OCC1CC1)C(=O)Nc1ccc(S(=O)(=O)N(C)C(C)C)cc1. The summed E-state index contributed by atoms with van der Waals surface area (Å²) in [6.45, 7) is 5.96. The van der Waals surface area contributed by atoms with Crippen molar-refractivity contribution >= 4 is 21.6 Å². The second-order valence-electron chi connectivity index (χ2n) is 6.55. The Kier molecular flexibility index (Phi) is 6.01. The van der Waals surface area contributed by atoms with E-state index in [4.69, 9.17) is 4.74 Å². The third kappa shape index (κ3) is 4.78. The number of carbonyl (C=O) groups is 1. The summed E-state index contributed by atoms with van der Waals surface area (Å²) in [5, 5.41) is 2.74. The Morgan fingerprint density at radius 2 is 1.83 bits per heavy atom. The van der Waals surface area contributed by atoms with Crippen LogP contribution >= 0.6 is 0 Å². The van der Waals surface area contributed by atoms with E-state index in [2.05, 4.69) is 5.32 Å². The molecule has 24 heavy (non-hydrogen) atoms. The molecule has 0 aromatic heterocycles. The lowest BCUT2D eigenvalue weighted by molar-refractivity contribution is -0.126. The molecule has 1 amide bonds. The molecule has 0 bridgehead atoms. The highest BCUT2D eigenvalue weighted by atomic mass is 32.2. The Balaban J connectivity index is 1.97. The topological polar surface area (TPSA) is 75.7 Å². The van der Waals surface area contributed by atoms with Gasteiger partial charge in [-0.3, -0.25) is 4.79 Å². The van der Waals surface area contributed by atoms with Gasteiger partial charge in [-0.05, 0) is 63.8 Å². The number of hydrogen-bond acceptors (Lipinski definition) is 4. The molecule has 1 aromatic rings. The molecule has 0 saturated heterocycles. The molecule has 0 spiro atoms. The molecule has 1 saturated carbocycles. The summed E-state index contributed by atoms with van der Waals surface area (Å²) in [7, 11) is -1.96. The Morgan fingerprint density at radius 1 is 1.25 bits per heavy atom. The monoisotopic (exact) mass is 354 g/mol. The molecule has 1 aliphatic rings. The molecule has 0 radical (unpaired) electrons. The number of ether oxygens (including phenoxy) is 1. The van der Waals surface area contributed by atoms with Crippen LogP contribution in [0.4, 0.5) is 5.69 Å². The number of nitrogens with one attached hydrogen (secondary N) is 1. The highest BCUT2D eigenvalue weighted by Crippen LogP contribution is 2.29. The zero-order valence-corrected chi connectivity index (χ0v) is 15.5. The summed E-state index contributed by atoms with van der Waals surface area (Å²) in [6.07, 6.45) is 1.82. The van der Waals surface area contributed by atoms with Crippen molar-refractivity contribution in [3.05, 3.63) is 24.3 Å². The van der Waals surface area contributed by atoms with E-state index in [0.717, 1.165) is 0 Å².